The maximum atomic E-state index is 12.0. The van der Waals surface area contributed by atoms with Gasteiger partial charge in [0.15, 0.2) is 0 Å². The summed E-state index contributed by atoms with van der Waals surface area (Å²) in [6.45, 7) is 2.92. The summed E-state index contributed by atoms with van der Waals surface area (Å²) in [5, 5.41) is 3.24. The molecular formula is C16H30N2O2. The van der Waals surface area contributed by atoms with Gasteiger partial charge < -0.3 is 15.0 Å². The number of ether oxygens (including phenoxy) is 1. The molecule has 0 aromatic carbocycles. The topological polar surface area (TPSA) is 41.6 Å². The number of rotatable bonds is 5. The summed E-state index contributed by atoms with van der Waals surface area (Å²) >= 11 is 0. The molecule has 2 aliphatic rings. The average Bonchev–Trinajstić information content (AvgIpc) is 2.87. The second-order valence-corrected chi connectivity index (χ2v) is 6.31. The molecule has 0 aromatic heterocycles. The molecule has 1 N–H and O–H groups in total. The number of likely N-dealkylation sites (tertiary alicyclic amines) is 1. The minimum absolute atomic E-state index is 0.233. The summed E-state index contributed by atoms with van der Waals surface area (Å²) in [5.74, 6) is 0.233. The van der Waals surface area contributed by atoms with Gasteiger partial charge in [0.2, 0.25) is 5.91 Å². The van der Waals surface area contributed by atoms with Crippen LogP contribution in [-0.2, 0) is 9.53 Å². The van der Waals surface area contributed by atoms with Crippen molar-refractivity contribution in [3.63, 3.8) is 0 Å². The van der Waals surface area contributed by atoms with E-state index in [1.165, 1.54) is 44.9 Å². The SMILES string of the molecule is COC1CCN(CCC(=O)NC2CCCCCCC2)C1. The highest BCUT2D eigenvalue weighted by atomic mass is 16.5. The van der Waals surface area contributed by atoms with Crippen LogP contribution in [0.5, 0.6) is 0 Å². The number of amides is 1. The predicted molar refractivity (Wildman–Crippen MR) is 80.7 cm³/mol. The lowest BCUT2D eigenvalue weighted by Crippen LogP contribution is -2.37. The summed E-state index contributed by atoms with van der Waals surface area (Å²) in [7, 11) is 1.77. The molecule has 1 unspecified atom stereocenters. The van der Waals surface area contributed by atoms with E-state index < -0.39 is 0 Å². The zero-order valence-electron chi connectivity index (χ0n) is 12.9. The van der Waals surface area contributed by atoms with Gasteiger partial charge in [0.05, 0.1) is 6.10 Å². The highest BCUT2D eigenvalue weighted by Gasteiger charge is 2.22. The Hall–Kier alpha value is -0.610. The van der Waals surface area contributed by atoms with E-state index >= 15 is 0 Å². The molecule has 1 heterocycles. The van der Waals surface area contributed by atoms with Crippen molar-refractivity contribution in [1.82, 2.24) is 10.2 Å². The molecule has 2 rings (SSSR count). The first-order valence-corrected chi connectivity index (χ1v) is 8.32. The number of hydrogen-bond donors (Lipinski definition) is 1. The molecule has 0 aromatic rings. The summed E-state index contributed by atoms with van der Waals surface area (Å²) in [5.41, 5.74) is 0. The molecule has 2 fully saturated rings. The molecule has 1 aliphatic carbocycles. The molecular weight excluding hydrogens is 252 g/mol. The van der Waals surface area contributed by atoms with Gasteiger partial charge in [-0.25, -0.2) is 0 Å². The van der Waals surface area contributed by atoms with Gasteiger partial charge in [0.1, 0.15) is 0 Å². The number of nitrogens with one attached hydrogen (secondary N) is 1. The molecule has 1 saturated heterocycles. The van der Waals surface area contributed by atoms with Gasteiger partial charge in [-0.1, -0.05) is 32.1 Å². The molecule has 20 heavy (non-hydrogen) atoms. The summed E-state index contributed by atoms with van der Waals surface area (Å²) in [4.78, 5) is 14.4. The zero-order valence-corrected chi connectivity index (χ0v) is 12.9. The van der Waals surface area contributed by atoms with E-state index in [9.17, 15) is 4.79 Å². The first-order chi connectivity index (χ1) is 9.78. The standard InChI is InChI=1S/C16H30N2O2/c1-20-15-9-11-18(13-15)12-10-16(19)17-14-7-5-3-2-4-6-8-14/h14-15H,2-13H2,1H3,(H,17,19). The Balaban J connectivity index is 1.62. The smallest absolute Gasteiger partial charge is 0.221 e. The number of methoxy groups -OCH3 is 1. The van der Waals surface area contributed by atoms with E-state index in [-0.39, 0.29) is 5.91 Å². The molecule has 0 bridgehead atoms. The van der Waals surface area contributed by atoms with E-state index in [4.69, 9.17) is 4.74 Å². The van der Waals surface area contributed by atoms with Gasteiger partial charge in [-0.15, -0.1) is 0 Å². The van der Waals surface area contributed by atoms with Crippen molar-refractivity contribution >= 4 is 5.91 Å². The summed E-state index contributed by atoms with van der Waals surface area (Å²) in [6, 6.07) is 0.424. The minimum atomic E-state index is 0.233. The second-order valence-electron chi connectivity index (χ2n) is 6.31. The first kappa shape index (κ1) is 15.8. The largest absolute Gasteiger partial charge is 0.380 e. The quantitative estimate of drug-likeness (QED) is 0.841. The van der Waals surface area contributed by atoms with E-state index in [0.29, 0.717) is 18.6 Å². The van der Waals surface area contributed by atoms with Crippen LogP contribution in [0.4, 0.5) is 0 Å². The van der Waals surface area contributed by atoms with Crippen LogP contribution in [0.15, 0.2) is 0 Å². The van der Waals surface area contributed by atoms with E-state index in [1.54, 1.807) is 7.11 Å². The second kappa shape index (κ2) is 8.63. The van der Waals surface area contributed by atoms with Crippen molar-refractivity contribution < 1.29 is 9.53 Å². The zero-order chi connectivity index (χ0) is 14.2. The lowest BCUT2D eigenvalue weighted by Gasteiger charge is -2.22. The Morgan fingerprint density at radius 2 is 1.85 bits per heavy atom. The van der Waals surface area contributed by atoms with Gasteiger partial charge in [-0.3, -0.25) is 4.79 Å². The van der Waals surface area contributed by atoms with Gasteiger partial charge in [0, 0.05) is 39.2 Å². The maximum absolute atomic E-state index is 12.0. The van der Waals surface area contributed by atoms with Gasteiger partial charge in [0.25, 0.3) is 0 Å². The Bertz CT molecular complexity index is 288. The van der Waals surface area contributed by atoms with Crippen molar-refractivity contribution in [2.24, 2.45) is 0 Å². The number of carbonyl (C=O) groups is 1. The highest BCUT2D eigenvalue weighted by Crippen LogP contribution is 2.17. The fraction of sp³-hybridized carbons (Fsp3) is 0.938. The number of nitrogens with zero attached hydrogens (tertiary/aromatic N) is 1. The fourth-order valence-corrected chi connectivity index (χ4v) is 3.35. The normalized spacial score (nSPS) is 26.1. The third-order valence-electron chi connectivity index (χ3n) is 4.69. The summed E-state index contributed by atoms with van der Waals surface area (Å²) < 4.78 is 5.35. The molecule has 4 nitrogen and oxygen atoms in total. The van der Waals surface area contributed by atoms with Crippen molar-refractivity contribution in [3.8, 4) is 0 Å². The number of hydrogen-bond acceptors (Lipinski definition) is 3. The van der Waals surface area contributed by atoms with E-state index in [2.05, 4.69) is 10.2 Å². The Morgan fingerprint density at radius 1 is 1.15 bits per heavy atom. The van der Waals surface area contributed by atoms with Crippen LogP contribution in [0.3, 0.4) is 0 Å². The average molecular weight is 282 g/mol. The lowest BCUT2D eigenvalue weighted by atomic mass is 9.96. The van der Waals surface area contributed by atoms with Crippen molar-refractivity contribution in [2.45, 2.75) is 69.9 Å². The first-order valence-electron chi connectivity index (χ1n) is 8.32. The van der Waals surface area contributed by atoms with E-state index in [0.717, 1.165) is 26.1 Å². The van der Waals surface area contributed by atoms with Gasteiger partial charge in [-0.2, -0.15) is 0 Å². The van der Waals surface area contributed by atoms with Crippen LogP contribution in [0.25, 0.3) is 0 Å². The van der Waals surface area contributed by atoms with Crippen LogP contribution in [0.1, 0.15) is 57.8 Å². The molecule has 1 saturated carbocycles. The fourth-order valence-electron chi connectivity index (χ4n) is 3.35. The molecule has 1 amide bonds. The highest BCUT2D eigenvalue weighted by molar-refractivity contribution is 5.76. The van der Waals surface area contributed by atoms with Crippen molar-refractivity contribution in [3.05, 3.63) is 0 Å². The molecule has 0 radical (unpaired) electrons. The number of carbonyl (C=O) groups excluding carboxylic acids is 1. The molecule has 0 spiro atoms. The van der Waals surface area contributed by atoms with Crippen molar-refractivity contribution in [2.75, 3.05) is 26.7 Å². The van der Waals surface area contributed by atoms with Crippen LogP contribution >= 0.6 is 0 Å². The van der Waals surface area contributed by atoms with Gasteiger partial charge in [-0.05, 0) is 19.3 Å². The summed E-state index contributed by atoms with van der Waals surface area (Å²) in [6.07, 6.45) is 11.0. The molecule has 4 heteroatoms. The third-order valence-corrected chi connectivity index (χ3v) is 4.69. The maximum Gasteiger partial charge on any atom is 0.221 e. The van der Waals surface area contributed by atoms with Crippen LogP contribution in [0.2, 0.25) is 0 Å². The molecule has 116 valence electrons. The predicted octanol–water partition coefficient (Wildman–Crippen LogP) is 2.33. The van der Waals surface area contributed by atoms with Crippen LogP contribution in [-0.4, -0.2) is 49.7 Å². The van der Waals surface area contributed by atoms with Crippen molar-refractivity contribution in [1.29, 1.82) is 0 Å². The van der Waals surface area contributed by atoms with Crippen LogP contribution in [0, 0.1) is 0 Å². The Morgan fingerprint density at radius 3 is 2.50 bits per heavy atom. The Kier molecular flexibility index (Phi) is 6.80. The third kappa shape index (κ3) is 5.41. The monoisotopic (exact) mass is 282 g/mol. The minimum Gasteiger partial charge on any atom is -0.380 e. The van der Waals surface area contributed by atoms with Gasteiger partial charge >= 0.3 is 0 Å². The Labute approximate surface area is 123 Å². The van der Waals surface area contributed by atoms with Crippen LogP contribution < -0.4 is 5.32 Å². The molecule has 1 aliphatic heterocycles. The lowest BCUT2D eigenvalue weighted by molar-refractivity contribution is -0.122. The molecule has 1 atom stereocenters. The van der Waals surface area contributed by atoms with E-state index in [1.807, 2.05) is 0 Å².